The predicted octanol–water partition coefficient (Wildman–Crippen LogP) is 4.11. The highest BCUT2D eigenvalue weighted by Gasteiger charge is 2.13. The molecule has 6 heteroatoms. The van der Waals surface area contributed by atoms with Crippen molar-refractivity contribution in [3.05, 3.63) is 58.3 Å². The average molecular weight is 358 g/mol. The highest BCUT2D eigenvalue weighted by molar-refractivity contribution is 7.98. The van der Waals surface area contributed by atoms with Crippen molar-refractivity contribution >= 4 is 22.7 Å². The van der Waals surface area contributed by atoms with Crippen molar-refractivity contribution in [3.8, 4) is 17.2 Å². The van der Waals surface area contributed by atoms with E-state index < -0.39 is 0 Å². The van der Waals surface area contributed by atoms with Crippen molar-refractivity contribution in [2.45, 2.75) is 10.8 Å². The smallest absolute Gasteiger partial charge is 0.197 e. The van der Waals surface area contributed by atoms with Gasteiger partial charge in [-0.15, -0.1) is 0 Å². The second-order valence-electron chi connectivity index (χ2n) is 5.27. The molecule has 5 nitrogen and oxygen atoms in total. The molecule has 0 unspecified atom stereocenters. The molecule has 2 aromatic carbocycles. The number of thioether (sulfide) groups is 1. The minimum absolute atomic E-state index is 0.141. The summed E-state index contributed by atoms with van der Waals surface area (Å²) in [6.45, 7) is 0. The van der Waals surface area contributed by atoms with Crippen LogP contribution in [0.5, 0.6) is 17.2 Å². The normalized spacial score (nSPS) is 10.7. The first-order chi connectivity index (χ1) is 12.1. The fourth-order valence-corrected chi connectivity index (χ4v) is 3.27. The van der Waals surface area contributed by atoms with Crippen LogP contribution in [-0.4, -0.2) is 21.3 Å². The maximum Gasteiger partial charge on any atom is 0.197 e. The van der Waals surface area contributed by atoms with Gasteiger partial charge in [-0.1, -0.05) is 23.9 Å². The molecule has 0 aliphatic heterocycles. The molecular weight excluding hydrogens is 340 g/mol. The summed E-state index contributed by atoms with van der Waals surface area (Å²) in [6.07, 6.45) is 0. The van der Waals surface area contributed by atoms with E-state index in [1.807, 2.05) is 24.3 Å². The summed E-state index contributed by atoms with van der Waals surface area (Å²) >= 11 is 1.45. The minimum Gasteiger partial charge on any atom is -0.497 e. The van der Waals surface area contributed by atoms with Crippen molar-refractivity contribution < 1.29 is 18.6 Å². The first kappa shape index (κ1) is 17.2. The lowest BCUT2D eigenvalue weighted by Crippen LogP contribution is -2.03. The van der Waals surface area contributed by atoms with Crippen molar-refractivity contribution in [2.75, 3.05) is 21.3 Å². The van der Waals surface area contributed by atoms with Gasteiger partial charge >= 0.3 is 0 Å². The van der Waals surface area contributed by atoms with Gasteiger partial charge in [0.05, 0.1) is 21.3 Å². The molecule has 130 valence electrons. The molecule has 3 aromatic rings. The van der Waals surface area contributed by atoms with Crippen LogP contribution < -0.4 is 19.6 Å². The molecule has 0 N–H and O–H groups in total. The van der Waals surface area contributed by atoms with Crippen LogP contribution in [0.25, 0.3) is 11.0 Å². The van der Waals surface area contributed by atoms with Gasteiger partial charge in [-0.2, -0.15) is 0 Å². The van der Waals surface area contributed by atoms with Crippen LogP contribution in [-0.2, 0) is 5.75 Å². The largest absolute Gasteiger partial charge is 0.497 e. The molecule has 25 heavy (non-hydrogen) atoms. The molecule has 0 saturated carbocycles. The number of fused-ring (bicyclic) bond motifs is 1. The Morgan fingerprint density at radius 2 is 1.64 bits per heavy atom. The van der Waals surface area contributed by atoms with E-state index in [1.165, 1.54) is 24.9 Å². The average Bonchev–Trinajstić information content (AvgIpc) is 2.65. The lowest BCUT2D eigenvalue weighted by molar-refractivity contribution is 0.394. The summed E-state index contributed by atoms with van der Waals surface area (Å²) in [6, 6.07) is 12.6. The summed E-state index contributed by atoms with van der Waals surface area (Å²) in [5.74, 6) is 2.50. The number of methoxy groups -OCH3 is 3. The van der Waals surface area contributed by atoms with E-state index >= 15 is 0 Å². The predicted molar refractivity (Wildman–Crippen MR) is 98.1 cm³/mol. The van der Waals surface area contributed by atoms with E-state index in [9.17, 15) is 4.79 Å². The highest BCUT2D eigenvalue weighted by atomic mass is 32.2. The number of rotatable bonds is 6. The Hall–Kier alpha value is -2.60. The maximum absolute atomic E-state index is 12.5. The van der Waals surface area contributed by atoms with Crippen molar-refractivity contribution in [2.24, 2.45) is 0 Å². The van der Waals surface area contributed by atoms with Crippen LogP contribution in [0.15, 0.2) is 56.8 Å². The second-order valence-corrected chi connectivity index (χ2v) is 6.25. The van der Waals surface area contributed by atoms with Crippen LogP contribution in [0, 0.1) is 0 Å². The molecule has 0 aliphatic carbocycles. The van der Waals surface area contributed by atoms with Crippen LogP contribution >= 0.6 is 11.8 Å². The van der Waals surface area contributed by atoms with Crippen LogP contribution in [0.1, 0.15) is 5.56 Å². The Labute approximate surface area is 149 Å². The summed E-state index contributed by atoms with van der Waals surface area (Å²) < 4.78 is 21.5. The van der Waals surface area contributed by atoms with Gasteiger partial charge in [0, 0.05) is 24.0 Å². The second kappa shape index (κ2) is 7.53. The number of hydrogen-bond donors (Lipinski definition) is 0. The van der Waals surface area contributed by atoms with Crippen LogP contribution in [0.2, 0.25) is 0 Å². The zero-order valence-electron chi connectivity index (χ0n) is 14.2. The molecule has 0 radical (unpaired) electrons. The molecular formula is C19H18O5S. The first-order valence-corrected chi connectivity index (χ1v) is 8.58. The SMILES string of the molecule is COc1ccc(CSc2cc(=O)c3c(OC)cc(OC)cc3o2)cc1. The third-order valence-electron chi connectivity index (χ3n) is 3.74. The van der Waals surface area contributed by atoms with Gasteiger partial charge in [-0.05, 0) is 17.7 Å². The Balaban J connectivity index is 1.90. The third kappa shape index (κ3) is 3.74. The van der Waals surface area contributed by atoms with E-state index in [1.54, 1.807) is 26.4 Å². The third-order valence-corrected chi connectivity index (χ3v) is 4.70. The number of hydrogen-bond acceptors (Lipinski definition) is 6. The zero-order chi connectivity index (χ0) is 17.8. The zero-order valence-corrected chi connectivity index (χ0v) is 15.0. The van der Waals surface area contributed by atoms with E-state index in [4.69, 9.17) is 18.6 Å². The highest BCUT2D eigenvalue weighted by Crippen LogP contribution is 2.32. The lowest BCUT2D eigenvalue weighted by atomic mass is 10.2. The van der Waals surface area contributed by atoms with Gasteiger partial charge in [0.2, 0.25) is 0 Å². The number of benzene rings is 2. The Kier molecular flexibility index (Phi) is 5.19. The van der Waals surface area contributed by atoms with Gasteiger partial charge in [0.15, 0.2) is 10.5 Å². The maximum atomic E-state index is 12.5. The van der Waals surface area contributed by atoms with Crippen LogP contribution in [0.4, 0.5) is 0 Å². The monoisotopic (exact) mass is 358 g/mol. The first-order valence-electron chi connectivity index (χ1n) is 7.60. The van der Waals surface area contributed by atoms with Gasteiger partial charge in [-0.3, -0.25) is 4.79 Å². The Morgan fingerprint density at radius 1 is 0.920 bits per heavy atom. The fraction of sp³-hybridized carbons (Fsp3) is 0.211. The molecule has 0 atom stereocenters. The molecule has 1 heterocycles. The molecule has 0 amide bonds. The summed E-state index contributed by atoms with van der Waals surface area (Å²) in [7, 11) is 4.71. The molecule has 3 rings (SSSR count). The van der Waals surface area contributed by atoms with Crippen molar-refractivity contribution in [1.29, 1.82) is 0 Å². The molecule has 0 fully saturated rings. The van der Waals surface area contributed by atoms with Crippen LogP contribution in [0.3, 0.4) is 0 Å². The minimum atomic E-state index is -0.141. The summed E-state index contributed by atoms with van der Waals surface area (Å²) in [5, 5.41) is 0.959. The van der Waals surface area contributed by atoms with Crippen molar-refractivity contribution in [3.63, 3.8) is 0 Å². The molecule has 0 bridgehead atoms. The Morgan fingerprint density at radius 3 is 2.28 bits per heavy atom. The molecule has 0 saturated heterocycles. The van der Waals surface area contributed by atoms with Gasteiger partial charge in [0.25, 0.3) is 0 Å². The fourth-order valence-electron chi connectivity index (χ4n) is 2.43. The van der Waals surface area contributed by atoms with E-state index in [0.717, 1.165) is 11.3 Å². The van der Waals surface area contributed by atoms with Gasteiger partial charge < -0.3 is 18.6 Å². The summed E-state index contributed by atoms with van der Waals surface area (Å²) in [4.78, 5) is 12.5. The van der Waals surface area contributed by atoms with E-state index in [-0.39, 0.29) is 5.43 Å². The standard InChI is InChI=1S/C19H18O5S/c1-21-13-6-4-12(5-7-13)11-25-18-10-15(20)19-16(23-3)8-14(22-2)9-17(19)24-18/h4-10H,11H2,1-3H3. The van der Waals surface area contributed by atoms with E-state index in [0.29, 0.717) is 33.3 Å². The lowest BCUT2D eigenvalue weighted by Gasteiger charge is -2.09. The molecule has 0 spiro atoms. The quantitative estimate of drug-likeness (QED) is 0.618. The molecule has 0 aliphatic rings. The van der Waals surface area contributed by atoms with Gasteiger partial charge in [0.1, 0.15) is 28.2 Å². The summed E-state index contributed by atoms with van der Waals surface area (Å²) in [5.41, 5.74) is 1.41. The Bertz CT molecular complexity index is 931. The number of ether oxygens (including phenoxy) is 3. The van der Waals surface area contributed by atoms with Crippen molar-refractivity contribution in [1.82, 2.24) is 0 Å². The van der Waals surface area contributed by atoms with E-state index in [2.05, 4.69) is 0 Å². The topological polar surface area (TPSA) is 57.9 Å². The van der Waals surface area contributed by atoms with Gasteiger partial charge in [-0.25, -0.2) is 0 Å². The molecule has 1 aromatic heterocycles.